The number of aryl methyl sites for hydroxylation is 1. The van der Waals surface area contributed by atoms with Crippen molar-refractivity contribution in [2.24, 2.45) is 5.92 Å². The maximum Gasteiger partial charge on any atom is 0.242 e. The number of hydrogen-bond acceptors (Lipinski definition) is 2. The summed E-state index contributed by atoms with van der Waals surface area (Å²) in [5.41, 5.74) is 1.88. The van der Waals surface area contributed by atoms with Crippen LogP contribution in [0.25, 0.3) is 0 Å². The first-order valence-corrected chi connectivity index (χ1v) is 10.3. The molecule has 29 heavy (non-hydrogen) atoms. The molecule has 5 heteroatoms. The lowest BCUT2D eigenvalue weighted by atomic mass is 10.1. The van der Waals surface area contributed by atoms with Crippen LogP contribution in [0.3, 0.4) is 0 Å². The minimum absolute atomic E-state index is 0.0790. The zero-order valence-electron chi connectivity index (χ0n) is 17.5. The number of carbonyl (C=O) groups excluding carboxylic acids is 2. The van der Waals surface area contributed by atoms with Crippen LogP contribution in [-0.2, 0) is 22.6 Å². The van der Waals surface area contributed by atoms with E-state index < -0.39 is 6.04 Å². The highest BCUT2D eigenvalue weighted by molar-refractivity contribution is 5.87. The van der Waals surface area contributed by atoms with Crippen molar-refractivity contribution in [2.45, 2.75) is 52.6 Å². The highest BCUT2D eigenvalue weighted by Gasteiger charge is 2.28. The summed E-state index contributed by atoms with van der Waals surface area (Å²) in [6.07, 6.45) is 1.45. The summed E-state index contributed by atoms with van der Waals surface area (Å²) < 4.78 is 13.3. The third kappa shape index (κ3) is 7.33. The smallest absolute Gasteiger partial charge is 0.242 e. The van der Waals surface area contributed by atoms with Gasteiger partial charge in [0.2, 0.25) is 11.8 Å². The van der Waals surface area contributed by atoms with Gasteiger partial charge in [0.05, 0.1) is 0 Å². The van der Waals surface area contributed by atoms with Gasteiger partial charge < -0.3 is 10.2 Å². The second kappa shape index (κ2) is 11.3. The van der Waals surface area contributed by atoms with Gasteiger partial charge in [-0.15, -0.1) is 0 Å². The third-order valence-electron chi connectivity index (χ3n) is 4.81. The second-order valence-electron chi connectivity index (χ2n) is 7.70. The molecule has 156 valence electrons. The van der Waals surface area contributed by atoms with Crippen LogP contribution in [0.15, 0.2) is 54.6 Å². The molecule has 2 rings (SSSR count). The summed E-state index contributed by atoms with van der Waals surface area (Å²) >= 11 is 0. The molecule has 0 bridgehead atoms. The Kier molecular flexibility index (Phi) is 8.84. The summed E-state index contributed by atoms with van der Waals surface area (Å²) in [6, 6.07) is 15.3. The Hall–Kier alpha value is -2.69. The first kappa shape index (κ1) is 22.6. The summed E-state index contributed by atoms with van der Waals surface area (Å²) in [4.78, 5) is 27.5. The Balaban J connectivity index is 2.16. The molecule has 0 fully saturated rings. The topological polar surface area (TPSA) is 49.4 Å². The van der Waals surface area contributed by atoms with E-state index >= 15 is 0 Å². The molecule has 0 aliphatic carbocycles. The van der Waals surface area contributed by atoms with Gasteiger partial charge in [-0.2, -0.15) is 0 Å². The van der Waals surface area contributed by atoms with Crippen molar-refractivity contribution in [1.29, 1.82) is 0 Å². The van der Waals surface area contributed by atoms with E-state index in [1.54, 1.807) is 17.0 Å². The highest BCUT2D eigenvalue weighted by atomic mass is 19.1. The molecule has 0 spiro atoms. The van der Waals surface area contributed by atoms with Crippen molar-refractivity contribution in [3.05, 3.63) is 71.5 Å². The Morgan fingerprint density at radius 3 is 2.24 bits per heavy atom. The van der Waals surface area contributed by atoms with Crippen molar-refractivity contribution in [3.8, 4) is 0 Å². The Labute approximate surface area is 173 Å². The zero-order chi connectivity index (χ0) is 21.2. The SMILES string of the molecule is CC[C@@H](C(=O)NCC(C)C)N(Cc1ccc(F)cc1)C(=O)CCc1ccccc1. The quantitative estimate of drug-likeness (QED) is 0.647. The number of nitrogens with zero attached hydrogens (tertiary/aromatic N) is 1. The molecule has 2 amide bonds. The summed E-state index contributed by atoms with van der Waals surface area (Å²) in [5.74, 6) is -0.214. The minimum Gasteiger partial charge on any atom is -0.354 e. The monoisotopic (exact) mass is 398 g/mol. The number of rotatable bonds is 10. The van der Waals surface area contributed by atoms with E-state index in [0.717, 1.165) is 11.1 Å². The fraction of sp³-hybridized carbons (Fsp3) is 0.417. The van der Waals surface area contributed by atoms with Crippen LogP contribution in [0, 0.1) is 11.7 Å². The highest BCUT2D eigenvalue weighted by Crippen LogP contribution is 2.16. The lowest BCUT2D eigenvalue weighted by Crippen LogP contribution is -2.49. The van der Waals surface area contributed by atoms with Crippen LogP contribution < -0.4 is 5.32 Å². The van der Waals surface area contributed by atoms with Crippen LogP contribution >= 0.6 is 0 Å². The van der Waals surface area contributed by atoms with Gasteiger partial charge in [0.25, 0.3) is 0 Å². The molecule has 0 aromatic heterocycles. The van der Waals surface area contributed by atoms with E-state index in [1.807, 2.05) is 51.1 Å². The van der Waals surface area contributed by atoms with Crippen LogP contribution in [0.1, 0.15) is 44.7 Å². The Bertz CT molecular complexity index is 775. The van der Waals surface area contributed by atoms with Gasteiger partial charge in [0, 0.05) is 19.5 Å². The van der Waals surface area contributed by atoms with Gasteiger partial charge in [0.1, 0.15) is 11.9 Å². The lowest BCUT2D eigenvalue weighted by Gasteiger charge is -2.31. The molecular formula is C24H31FN2O2. The average molecular weight is 399 g/mol. The number of benzene rings is 2. The van der Waals surface area contributed by atoms with Crippen molar-refractivity contribution < 1.29 is 14.0 Å². The molecule has 0 aliphatic heterocycles. The van der Waals surface area contributed by atoms with Gasteiger partial charge in [-0.25, -0.2) is 4.39 Å². The largest absolute Gasteiger partial charge is 0.354 e. The number of halogens is 1. The molecule has 4 nitrogen and oxygen atoms in total. The Morgan fingerprint density at radius 1 is 1.00 bits per heavy atom. The molecule has 0 heterocycles. The van der Waals surface area contributed by atoms with Crippen LogP contribution in [0.4, 0.5) is 4.39 Å². The summed E-state index contributed by atoms with van der Waals surface area (Å²) in [7, 11) is 0. The van der Waals surface area contributed by atoms with Crippen LogP contribution in [0.5, 0.6) is 0 Å². The number of hydrogen-bond donors (Lipinski definition) is 1. The molecule has 2 aromatic rings. The molecule has 0 saturated heterocycles. The fourth-order valence-corrected chi connectivity index (χ4v) is 3.17. The van der Waals surface area contributed by atoms with Crippen molar-refractivity contribution in [1.82, 2.24) is 10.2 Å². The fourth-order valence-electron chi connectivity index (χ4n) is 3.17. The summed E-state index contributed by atoms with van der Waals surface area (Å²) in [5, 5.41) is 2.94. The van der Waals surface area contributed by atoms with E-state index in [2.05, 4.69) is 5.32 Å². The molecule has 0 unspecified atom stereocenters. The molecule has 0 radical (unpaired) electrons. The molecule has 2 aromatic carbocycles. The molecule has 0 aliphatic rings. The van der Waals surface area contributed by atoms with E-state index in [1.165, 1.54) is 12.1 Å². The predicted octanol–water partition coefficient (Wildman–Crippen LogP) is 4.34. The molecule has 0 saturated carbocycles. The maximum absolute atomic E-state index is 13.3. The van der Waals surface area contributed by atoms with Gasteiger partial charge in [-0.05, 0) is 42.0 Å². The average Bonchev–Trinajstić information content (AvgIpc) is 2.72. The maximum atomic E-state index is 13.3. The molecule has 1 N–H and O–H groups in total. The predicted molar refractivity (Wildman–Crippen MR) is 114 cm³/mol. The van der Waals surface area contributed by atoms with E-state index in [4.69, 9.17) is 0 Å². The van der Waals surface area contributed by atoms with E-state index in [0.29, 0.717) is 31.7 Å². The minimum atomic E-state index is -0.554. The van der Waals surface area contributed by atoms with Gasteiger partial charge in [0.15, 0.2) is 0 Å². The summed E-state index contributed by atoms with van der Waals surface area (Å²) in [6.45, 7) is 6.81. The van der Waals surface area contributed by atoms with Crippen LogP contribution in [0.2, 0.25) is 0 Å². The molecule has 1 atom stereocenters. The number of nitrogens with one attached hydrogen (secondary N) is 1. The van der Waals surface area contributed by atoms with E-state index in [9.17, 15) is 14.0 Å². The van der Waals surface area contributed by atoms with Crippen LogP contribution in [-0.4, -0.2) is 29.3 Å². The standard InChI is InChI=1S/C24H31FN2O2/c1-4-22(24(29)26-16-18(2)3)27(17-20-10-13-21(25)14-11-20)23(28)15-12-19-8-6-5-7-9-19/h5-11,13-14,18,22H,4,12,15-17H2,1-3H3,(H,26,29)/t22-/m0/s1. The third-order valence-corrected chi connectivity index (χ3v) is 4.81. The number of carbonyl (C=O) groups is 2. The van der Waals surface area contributed by atoms with Gasteiger partial charge in [-0.3, -0.25) is 9.59 Å². The number of amides is 2. The first-order chi connectivity index (χ1) is 13.9. The first-order valence-electron chi connectivity index (χ1n) is 10.3. The van der Waals surface area contributed by atoms with E-state index in [-0.39, 0.29) is 24.2 Å². The zero-order valence-corrected chi connectivity index (χ0v) is 17.5. The Morgan fingerprint density at radius 2 is 1.66 bits per heavy atom. The van der Waals surface area contributed by atoms with Gasteiger partial charge in [-0.1, -0.05) is 63.2 Å². The normalized spacial score (nSPS) is 11.9. The van der Waals surface area contributed by atoms with Crippen molar-refractivity contribution in [3.63, 3.8) is 0 Å². The van der Waals surface area contributed by atoms with Crippen molar-refractivity contribution >= 4 is 11.8 Å². The molecular weight excluding hydrogens is 367 g/mol. The van der Waals surface area contributed by atoms with Gasteiger partial charge >= 0.3 is 0 Å². The lowest BCUT2D eigenvalue weighted by molar-refractivity contribution is -0.141. The second-order valence-corrected chi connectivity index (χ2v) is 7.70. The van der Waals surface area contributed by atoms with Crippen molar-refractivity contribution in [2.75, 3.05) is 6.54 Å².